The van der Waals surface area contributed by atoms with E-state index in [9.17, 15) is 14.4 Å². The summed E-state index contributed by atoms with van der Waals surface area (Å²) in [6.07, 6.45) is 1.58. The minimum atomic E-state index is -0.513. The van der Waals surface area contributed by atoms with Crippen LogP contribution in [0.1, 0.15) is 22.8 Å². The Kier molecular flexibility index (Phi) is 10.6. The highest BCUT2D eigenvalue weighted by Crippen LogP contribution is 2.24. The summed E-state index contributed by atoms with van der Waals surface area (Å²) in [5, 5.41) is 8.94. The summed E-state index contributed by atoms with van der Waals surface area (Å²) in [5.74, 6) is -0.370. The Morgan fingerprint density at radius 1 is 0.829 bits per heavy atom. The second-order valence-electron chi connectivity index (χ2n) is 8.68. The molecule has 9 heteroatoms. The van der Waals surface area contributed by atoms with Gasteiger partial charge in [0.05, 0.1) is 12.4 Å². The summed E-state index contributed by atoms with van der Waals surface area (Å²) in [4.78, 5) is 39.6. The number of hydrogen-bond acceptors (Lipinski definition) is 5. The molecule has 3 amide bonds. The fraction of sp³-hybridized carbons (Fsp3) is 0.0938. The SMILES string of the molecule is CCOc1ccccc1/C=C(/NC(=O)c1ccccc1)C(=O)Nc1cccc(SCC(=O)Nc2cccc(Cl)c2)c1. The van der Waals surface area contributed by atoms with E-state index in [0.29, 0.717) is 39.9 Å². The monoisotopic (exact) mass is 585 g/mol. The number of anilines is 2. The van der Waals surface area contributed by atoms with Crippen LogP contribution < -0.4 is 20.7 Å². The molecule has 0 aromatic heterocycles. The van der Waals surface area contributed by atoms with Crippen molar-refractivity contribution in [3.05, 3.63) is 125 Å². The van der Waals surface area contributed by atoms with Crippen LogP contribution in [0.25, 0.3) is 6.08 Å². The zero-order chi connectivity index (χ0) is 29.0. The van der Waals surface area contributed by atoms with Crippen molar-refractivity contribution in [1.82, 2.24) is 5.32 Å². The molecule has 208 valence electrons. The molecule has 0 spiro atoms. The number of hydrogen-bond donors (Lipinski definition) is 3. The largest absolute Gasteiger partial charge is 0.493 e. The van der Waals surface area contributed by atoms with Gasteiger partial charge in [-0.1, -0.05) is 60.1 Å². The highest BCUT2D eigenvalue weighted by molar-refractivity contribution is 8.00. The van der Waals surface area contributed by atoms with E-state index in [-0.39, 0.29) is 17.4 Å². The van der Waals surface area contributed by atoms with E-state index in [1.807, 2.05) is 31.2 Å². The molecule has 41 heavy (non-hydrogen) atoms. The smallest absolute Gasteiger partial charge is 0.272 e. The van der Waals surface area contributed by atoms with Crippen LogP contribution >= 0.6 is 23.4 Å². The third-order valence-corrected chi connectivity index (χ3v) is 6.85. The third-order valence-electron chi connectivity index (χ3n) is 5.62. The minimum absolute atomic E-state index is 0.0463. The number of thioether (sulfide) groups is 1. The lowest BCUT2D eigenvalue weighted by atomic mass is 10.1. The standard InChI is InChI=1S/C32H28ClN3O4S/c1-2-40-29-17-7-6-12-23(29)18-28(36-31(38)22-10-4-3-5-11-22)32(39)35-26-15-9-16-27(20-26)41-21-30(37)34-25-14-8-13-24(33)19-25/h3-20H,2,21H2,1H3,(H,34,37)(H,35,39)(H,36,38)/b28-18+. The Labute approximate surface area is 248 Å². The lowest BCUT2D eigenvalue weighted by molar-refractivity contribution is -0.114. The summed E-state index contributed by atoms with van der Waals surface area (Å²) < 4.78 is 5.70. The van der Waals surface area contributed by atoms with E-state index >= 15 is 0 Å². The highest BCUT2D eigenvalue weighted by Gasteiger charge is 2.16. The van der Waals surface area contributed by atoms with Gasteiger partial charge in [0.1, 0.15) is 11.4 Å². The quantitative estimate of drug-likeness (QED) is 0.132. The number of amides is 3. The van der Waals surface area contributed by atoms with Crippen LogP contribution in [0, 0.1) is 0 Å². The predicted molar refractivity (Wildman–Crippen MR) is 165 cm³/mol. The molecule has 0 saturated carbocycles. The number of nitrogens with one attached hydrogen (secondary N) is 3. The maximum Gasteiger partial charge on any atom is 0.272 e. The van der Waals surface area contributed by atoms with Crippen LogP contribution in [0.15, 0.2) is 114 Å². The van der Waals surface area contributed by atoms with E-state index in [1.165, 1.54) is 11.8 Å². The molecular formula is C32H28ClN3O4S. The first kappa shape index (κ1) is 29.5. The summed E-state index contributed by atoms with van der Waals surface area (Å²) in [6.45, 7) is 2.32. The number of rotatable bonds is 11. The van der Waals surface area contributed by atoms with Crippen LogP contribution in [-0.2, 0) is 9.59 Å². The molecule has 0 aliphatic carbocycles. The Hall–Kier alpha value is -4.53. The van der Waals surface area contributed by atoms with Gasteiger partial charge in [-0.15, -0.1) is 11.8 Å². The van der Waals surface area contributed by atoms with Gasteiger partial charge in [-0.3, -0.25) is 14.4 Å². The minimum Gasteiger partial charge on any atom is -0.493 e. The molecule has 4 aromatic rings. The predicted octanol–water partition coefficient (Wildman–Crippen LogP) is 6.88. The van der Waals surface area contributed by atoms with Crippen molar-refractivity contribution in [3.8, 4) is 5.75 Å². The van der Waals surface area contributed by atoms with E-state index in [0.717, 1.165) is 4.90 Å². The molecule has 0 fully saturated rings. The molecular weight excluding hydrogens is 558 g/mol. The number of carbonyl (C=O) groups is 3. The van der Waals surface area contributed by atoms with Gasteiger partial charge in [0.2, 0.25) is 5.91 Å². The molecule has 0 bridgehead atoms. The molecule has 0 saturated heterocycles. The van der Waals surface area contributed by atoms with Crippen LogP contribution in [0.2, 0.25) is 5.02 Å². The van der Waals surface area contributed by atoms with Crippen LogP contribution in [0.5, 0.6) is 5.75 Å². The molecule has 0 heterocycles. The number of carbonyl (C=O) groups excluding carboxylic acids is 3. The lowest BCUT2D eigenvalue weighted by Crippen LogP contribution is -2.30. The second-order valence-corrected chi connectivity index (χ2v) is 10.2. The number of benzene rings is 4. The summed E-state index contributed by atoms with van der Waals surface area (Å²) in [6, 6.07) is 30.0. The van der Waals surface area contributed by atoms with Gasteiger partial charge < -0.3 is 20.7 Å². The molecule has 0 aliphatic heterocycles. The van der Waals surface area contributed by atoms with Gasteiger partial charge in [0.15, 0.2) is 0 Å². The molecule has 0 radical (unpaired) electrons. The van der Waals surface area contributed by atoms with Crippen molar-refractivity contribution >= 4 is 58.5 Å². The number of para-hydroxylation sites is 1. The van der Waals surface area contributed by atoms with Gasteiger partial charge in [-0.2, -0.15) is 0 Å². The molecule has 4 aromatic carbocycles. The van der Waals surface area contributed by atoms with Gasteiger partial charge in [-0.25, -0.2) is 0 Å². The first-order valence-corrected chi connectivity index (χ1v) is 14.2. The Morgan fingerprint density at radius 3 is 2.29 bits per heavy atom. The van der Waals surface area contributed by atoms with Crippen molar-refractivity contribution in [3.63, 3.8) is 0 Å². The van der Waals surface area contributed by atoms with Crippen molar-refractivity contribution in [2.75, 3.05) is 23.0 Å². The van der Waals surface area contributed by atoms with Crippen LogP contribution in [0.3, 0.4) is 0 Å². The normalized spacial score (nSPS) is 10.9. The number of ether oxygens (including phenoxy) is 1. The fourth-order valence-corrected chi connectivity index (χ4v) is 4.70. The Bertz CT molecular complexity index is 1560. The van der Waals surface area contributed by atoms with E-state index in [1.54, 1.807) is 84.9 Å². The molecule has 4 rings (SSSR count). The van der Waals surface area contributed by atoms with Crippen LogP contribution in [0.4, 0.5) is 11.4 Å². The highest BCUT2D eigenvalue weighted by atomic mass is 35.5. The lowest BCUT2D eigenvalue weighted by Gasteiger charge is -2.13. The van der Waals surface area contributed by atoms with Gasteiger partial charge in [-0.05, 0) is 67.6 Å². The average molecular weight is 586 g/mol. The Balaban J connectivity index is 1.49. The second kappa shape index (κ2) is 14.7. The first-order valence-electron chi connectivity index (χ1n) is 12.8. The van der Waals surface area contributed by atoms with E-state index in [2.05, 4.69) is 16.0 Å². The van der Waals surface area contributed by atoms with Crippen LogP contribution in [-0.4, -0.2) is 30.1 Å². The molecule has 0 aliphatic rings. The first-order chi connectivity index (χ1) is 19.9. The average Bonchev–Trinajstić information content (AvgIpc) is 2.97. The molecule has 7 nitrogen and oxygen atoms in total. The van der Waals surface area contributed by atoms with Gasteiger partial charge in [0, 0.05) is 32.4 Å². The van der Waals surface area contributed by atoms with E-state index in [4.69, 9.17) is 16.3 Å². The van der Waals surface area contributed by atoms with Crippen molar-refractivity contribution in [1.29, 1.82) is 0 Å². The maximum absolute atomic E-state index is 13.4. The summed E-state index contributed by atoms with van der Waals surface area (Å²) in [5.41, 5.74) is 2.23. The topological polar surface area (TPSA) is 96.5 Å². The van der Waals surface area contributed by atoms with Crippen molar-refractivity contribution < 1.29 is 19.1 Å². The zero-order valence-corrected chi connectivity index (χ0v) is 23.8. The van der Waals surface area contributed by atoms with Crippen molar-refractivity contribution in [2.24, 2.45) is 0 Å². The third kappa shape index (κ3) is 8.99. The summed E-state index contributed by atoms with van der Waals surface area (Å²) >= 11 is 7.31. The molecule has 0 unspecified atom stereocenters. The maximum atomic E-state index is 13.4. The molecule has 0 atom stereocenters. The van der Waals surface area contributed by atoms with Gasteiger partial charge in [0.25, 0.3) is 11.8 Å². The van der Waals surface area contributed by atoms with E-state index < -0.39 is 11.8 Å². The summed E-state index contributed by atoms with van der Waals surface area (Å²) in [7, 11) is 0. The Morgan fingerprint density at radius 2 is 1.54 bits per heavy atom. The fourth-order valence-electron chi connectivity index (χ4n) is 3.76. The zero-order valence-electron chi connectivity index (χ0n) is 22.2. The van der Waals surface area contributed by atoms with Crippen molar-refractivity contribution in [2.45, 2.75) is 11.8 Å². The van der Waals surface area contributed by atoms with Gasteiger partial charge >= 0.3 is 0 Å². The number of halogens is 1. The molecule has 3 N–H and O–H groups in total.